The molecule has 0 bridgehead atoms. The molecule has 19 heteroatoms. The minimum absolute atomic E-state index is 0.205. The zero-order valence-corrected chi connectivity index (χ0v) is 59.5. The van der Waals surface area contributed by atoms with Crippen LogP contribution in [0.15, 0.2) is 97.2 Å². The molecule has 0 aromatic heterocycles. The Balaban J connectivity index is 1.42. The van der Waals surface area contributed by atoms with E-state index < -0.39 is 124 Å². The Kier molecular flexibility index (Phi) is 52.8. The molecule has 0 aliphatic carbocycles. The summed E-state index contributed by atoms with van der Waals surface area (Å²) in [6.45, 7) is 1.67. The maximum Gasteiger partial charge on any atom is 0.220 e. The molecule has 19 nitrogen and oxygen atoms in total. The van der Waals surface area contributed by atoms with Gasteiger partial charge in [0, 0.05) is 6.42 Å². The number of hydrogen-bond donors (Lipinski definition) is 12. The molecule has 1 amide bonds. The molecule has 0 aromatic carbocycles. The summed E-state index contributed by atoms with van der Waals surface area (Å²) in [6.07, 6.45) is 50.5. The maximum absolute atomic E-state index is 13.5. The third-order valence-corrected chi connectivity index (χ3v) is 18.4. The highest BCUT2D eigenvalue weighted by atomic mass is 16.8. The van der Waals surface area contributed by atoms with Crippen LogP contribution in [0.2, 0.25) is 0 Å². The first kappa shape index (κ1) is 87.9. The number of rotatable bonds is 58. The van der Waals surface area contributed by atoms with Crippen LogP contribution in [0.4, 0.5) is 0 Å². The highest BCUT2D eigenvalue weighted by Gasteiger charge is 2.53. The van der Waals surface area contributed by atoms with Gasteiger partial charge in [0.2, 0.25) is 5.91 Å². The van der Waals surface area contributed by atoms with Crippen LogP contribution in [-0.2, 0) is 33.2 Å². The molecule has 560 valence electrons. The first-order chi connectivity index (χ1) is 47.3. The lowest BCUT2D eigenvalue weighted by molar-refractivity contribution is -0.379. The minimum Gasteiger partial charge on any atom is -0.394 e. The van der Waals surface area contributed by atoms with Crippen LogP contribution in [0.25, 0.3) is 0 Å². The average Bonchev–Trinajstić information content (AvgIpc) is 0.790. The van der Waals surface area contributed by atoms with Gasteiger partial charge >= 0.3 is 0 Å². The summed E-state index contributed by atoms with van der Waals surface area (Å²) in [5, 5.41) is 121. The molecule has 0 aromatic rings. The first-order valence-corrected chi connectivity index (χ1v) is 38.0. The van der Waals surface area contributed by atoms with E-state index in [0.717, 1.165) is 83.5 Å². The van der Waals surface area contributed by atoms with Gasteiger partial charge in [-0.2, -0.15) is 0 Å². The Hall–Kier alpha value is -3.29. The number of unbranched alkanes of at least 4 members (excludes halogenated alkanes) is 26. The fourth-order valence-electron chi connectivity index (χ4n) is 12.3. The number of carbonyl (C=O) groups is 1. The maximum atomic E-state index is 13.5. The van der Waals surface area contributed by atoms with Gasteiger partial charge in [-0.25, -0.2) is 0 Å². The predicted molar refractivity (Wildman–Crippen MR) is 383 cm³/mol. The van der Waals surface area contributed by atoms with Crippen LogP contribution in [-0.4, -0.2) is 193 Å². The Bertz CT molecular complexity index is 2130. The summed E-state index contributed by atoms with van der Waals surface area (Å²) in [5.74, 6) is -0.286. The minimum atomic E-state index is -1.98. The third kappa shape index (κ3) is 39.1. The number of hydrogen-bond acceptors (Lipinski definition) is 18. The zero-order chi connectivity index (χ0) is 70.4. The molecule has 3 saturated heterocycles. The number of nitrogens with one attached hydrogen (secondary N) is 1. The topological polar surface area (TPSA) is 307 Å². The number of ether oxygens (including phenoxy) is 6. The Labute approximate surface area is 583 Å². The van der Waals surface area contributed by atoms with Crippen molar-refractivity contribution in [3.8, 4) is 0 Å². The van der Waals surface area contributed by atoms with Crippen molar-refractivity contribution in [2.24, 2.45) is 0 Å². The van der Waals surface area contributed by atoms with E-state index in [1.165, 1.54) is 135 Å². The monoisotopic (exact) mass is 1370 g/mol. The largest absolute Gasteiger partial charge is 0.394 e. The van der Waals surface area contributed by atoms with Crippen LogP contribution < -0.4 is 5.32 Å². The van der Waals surface area contributed by atoms with Crippen molar-refractivity contribution in [2.75, 3.05) is 26.4 Å². The summed E-state index contributed by atoms with van der Waals surface area (Å²) in [6, 6.07) is -0.920. The van der Waals surface area contributed by atoms with E-state index in [-0.39, 0.29) is 18.9 Å². The van der Waals surface area contributed by atoms with Crippen LogP contribution in [0.3, 0.4) is 0 Å². The predicted octanol–water partition coefficient (Wildman–Crippen LogP) is 11.6. The van der Waals surface area contributed by atoms with E-state index >= 15 is 0 Å². The molecule has 97 heavy (non-hydrogen) atoms. The van der Waals surface area contributed by atoms with Crippen molar-refractivity contribution in [3.05, 3.63) is 97.2 Å². The molecule has 0 radical (unpaired) electrons. The standard InChI is InChI=1S/C78H135NO18/c1-3-5-7-9-11-13-15-17-19-21-23-25-27-29-30-32-34-36-38-40-42-44-46-48-50-52-54-56-66(84)79-61(62(83)55-53-51-49-47-45-43-41-39-37-35-33-31-28-26-24-22-20-18-16-14-12-10-8-6-4-2)60-92-76-72(90)69(87)74(64(58-81)94-76)97-78-73(91)70(88)75(65(59-82)95-78)96-77-71(89)68(86)67(85)63(57-80)93-77/h5,7,11,13,17,19,23,25,29-30,34,36,40,42,46,48,61-65,67-78,80-83,85-91H,3-4,6,8-10,12,14-16,18,20-22,24,26-28,31-33,35,37-39,41,43-45,47,49-60H2,1-2H3,(H,79,84)/b7-5-,13-11-,19-17-,25-23-,30-29-,36-34-,42-40-,48-46-. The second-order valence-corrected chi connectivity index (χ2v) is 26.7. The molecular formula is C78H135NO18. The number of carbonyl (C=O) groups excluding carboxylic acids is 1. The molecule has 3 aliphatic heterocycles. The summed E-state index contributed by atoms with van der Waals surface area (Å²) in [7, 11) is 0. The van der Waals surface area contributed by atoms with Gasteiger partial charge in [0.15, 0.2) is 18.9 Å². The van der Waals surface area contributed by atoms with Crippen molar-refractivity contribution < 1.29 is 89.4 Å². The fraction of sp³-hybridized carbons (Fsp3) is 0.782. The average molecular weight is 1370 g/mol. The van der Waals surface area contributed by atoms with Gasteiger partial charge in [-0.1, -0.05) is 272 Å². The number of aliphatic hydroxyl groups excluding tert-OH is 11. The fourth-order valence-corrected chi connectivity index (χ4v) is 12.3. The summed E-state index contributed by atoms with van der Waals surface area (Å²) < 4.78 is 34.5. The Morgan fingerprint density at radius 1 is 0.381 bits per heavy atom. The van der Waals surface area contributed by atoms with Gasteiger partial charge in [0.05, 0.1) is 38.6 Å². The number of aliphatic hydroxyl groups is 11. The molecule has 3 heterocycles. The molecule has 17 atom stereocenters. The van der Waals surface area contributed by atoms with Crippen LogP contribution >= 0.6 is 0 Å². The molecule has 0 saturated carbocycles. The number of amides is 1. The van der Waals surface area contributed by atoms with E-state index in [0.29, 0.717) is 19.3 Å². The van der Waals surface area contributed by atoms with E-state index in [1.807, 2.05) is 0 Å². The van der Waals surface area contributed by atoms with Gasteiger partial charge in [-0.05, 0) is 77.0 Å². The normalized spacial score (nSPS) is 27.5. The Morgan fingerprint density at radius 2 is 0.711 bits per heavy atom. The second kappa shape index (κ2) is 58.2. The van der Waals surface area contributed by atoms with Gasteiger partial charge in [-0.3, -0.25) is 4.79 Å². The summed E-state index contributed by atoms with van der Waals surface area (Å²) in [4.78, 5) is 13.5. The van der Waals surface area contributed by atoms with E-state index in [4.69, 9.17) is 28.4 Å². The third-order valence-electron chi connectivity index (χ3n) is 18.4. The SMILES string of the molecule is CC/C=C\C/C=C\C/C=C\C/C=C\C/C=C\C/C=C\C/C=C\C/C=C\CCCCC(=O)NC(COC1OC(CO)C(OC2OC(CO)C(OC3OC(CO)C(O)C(O)C3O)C(O)C2O)C(O)C1O)C(O)CCCCCCCCCCCCCCCCCCCCCCCCCCC. The van der Waals surface area contributed by atoms with Gasteiger partial charge < -0.3 is 89.9 Å². The quantitative estimate of drug-likeness (QED) is 0.0199. The molecule has 0 spiro atoms. The Morgan fingerprint density at radius 3 is 1.09 bits per heavy atom. The van der Waals surface area contributed by atoms with Crippen molar-refractivity contribution in [3.63, 3.8) is 0 Å². The van der Waals surface area contributed by atoms with Gasteiger partial charge in [0.25, 0.3) is 0 Å². The summed E-state index contributed by atoms with van der Waals surface area (Å²) in [5.41, 5.74) is 0. The van der Waals surface area contributed by atoms with E-state index in [1.54, 1.807) is 0 Å². The molecule has 3 fully saturated rings. The summed E-state index contributed by atoms with van der Waals surface area (Å²) >= 11 is 0. The van der Waals surface area contributed by atoms with Gasteiger partial charge in [0.1, 0.15) is 73.2 Å². The highest BCUT2D eigenvalue weighted by Crippen LogP contribution is 2.33. The molecule has 17 unspecified atom stereocenters. The lowest BCUT2D eigenvalue weighted by Gasteiger charge is -2.48. The lowest BCUT2D eigenvalue weighted by Crippen LogP contribution is -2.66. The van der Waals surface area contributed by atoms with E-state index in [9.17, 15) is 61.0 Å². The highest BCUT2D eigenvalue weighted by molar-refractivity contribution is 5.76. The smallest absolute Gasteiger partial charge is 0.220 e. The lowest BCUT2D eigenvalue weighted by atomic mass is 9.96. The van der Waals surface area contributed by atoms with Crippen LogP contribution in [0, 0.1) is 0 Å². The molecule has 12 N–H and O–H groups in total. The second-order valence-electron chi connectivity index (χ2n) is 26.7. The molecule has 3 rings (SSSR count). The van der Waals surface area contributed by atoms with Gasteiger partial charge in [-0.15, -0.1) is 0 Å². The first-order valence-electron chi connectivity index (χ1n) is 38.0. The molecule has 3 aliphatic rings. The zero-order valence-electron chi connectivity index (χ0n) is 59.5. The van der Waals surface area contributed by atoms with Crippen LogP contribution in [0.1, 0.15) is 258 Å². The van der Waals surface area contributed by atoms with Crippen molar-refractivity contribution >= 4 is 5.91 Å². The number of allylic oxidation sites excluding steroid dienone is 16. The van der Waals surface area contributed by atoms with Crippen LogP contribution in [0.5, 0.6) is 0 Å². The van der Waals surface area contributed by atoms with E-state index in [2.05, 4.69) is 116 Å². The van der Waals surface area contributed by atoms with Crippen molar-refractivity contribution in [2.45, 2.75) is 362 Å². The van der Waals surface area contributed by atoms with Crippen molar-refractivity contribution in [1.82, 2.24) is 5.32 Å². The molecular weight excluding hydrogens is 1240 g/mol. The van der Waals surface area contributed by atoms with Crippen molar-refractivity contribution in [1.29, 1.82) is 0 Å².